The number of aliphatic carboxylic acids is 1. The maximum Gasteiger partial charge on any atom is 0.306 e. The molecule has 1 aliphatic rings. The van der Waals surface area contributed by atoms with Crippen LogP contribution in [0.15, 0.2) is 0 Å². The summed E-state index contributed by atoms with van der Waals surface area (Å²) in [6, 6.07) is 0. The quantitative estimate of drug-likeness (QED) is 0.762. The lowest BCUT2D eigenvalue weighted by molar-refractivity contribution is -0.142. The lowest BCUT2D eigenvalue weighted by atomic mass is 9.98. The molecule has 0 aromatic carbocycles. The summed E-state index contributed by atoms with van der Waals surface area (Å²) in [5, 5.41) is 17.7. The number of carboxylic acids is 1. The number of anilines is 2. The van der Waals surface area contributed by atoms with Crippen LogP contribution in [0.25, 0.3) is 0 Å². The maximum atomic E-state index is 10.7. The molecular weight excluding hydrogens is 216 g/mol. The molecule has 82 valence electrons. The van der Waals surface area contributed by atoms with E-state index < -0.39 is 5.97 Å². The SMILES string of the molecule is Nc1nnc(N2CCC(C(=O)O)CC2)s1. The van der Waals surface area contributed by atoms with Gasteiger partial charge in [0, 0.05) is 13.1 Å². The van der Waals surface area contributed by atoms with Crippen LogP contribution in [-0.2, 0) is 4.79 Å². The van der Waals surface area contributed by atoms with Crippen molar-refractivity contribution in [1.82, 2.24) is 10.2 Å². The fourth-order valence-corrected chi connectivity index (χ4v) is 2.33. The van der Waals surface area contributed by atoms with Crippen molar-refractivity contribution >= 4 is 27.6 Å². The molecule has 0 atom stereocenters. The average molecular weight is 228 g/mol. The number of hydrogen-bond donors (Lipinski definition) is 2. The molecule has 15 heavy (non-hydrogen) atoms. The van der Waals surface area contributed by atoms with Gasteiger partial charge in [-0.15, -0.1) is 10.2 Å². The van der Waals surface area contributed by atoms with Crippen LogP contribution in [0.3, 0.4) is 0 Å². The molecule has 1 fully saturated rings. The third-order valence-electron chi connectivity index (χ3n) is 2.54. The monoisotopic (exact) mass is 228 g/mol. The molecule has 3 N–H and O–H groups in total. The van der Waals surface area contributed by atoms with Crippen LogP contribution in [-0.4, -0.2) is 34.4 Å². The molecule has 0 aliphatic carbocycles. The number of piperidine rings is 1. The van der Waals surface area contributed by atoms with Crippen molar-refractivity contribution in [2.75, 3.05) is 23.7 Å². The Balaban J connectivity index is 1.96. The molecule has 0 spiro atoms. The second-order valence-corrected chi connectivity index (χ2v) is 4.51. The minimum absolute atomic E-state index is 0.216. The van der Waals surface area contributed by atoms with E-state index in [1.54, 1.807) is 0 Å². The van der Waals surface area contributed by atoms with E-state index in [-0.39, 0.29) is 5.92 Å². The third kappa shape index (κ3) is 2.17. The van der Waals surface area contributed by atoms with Gasteiger partial charge < -0.3 is 15.7 Å². The van der Waals surface area contributed by atoms with Crippen molar-refractivity contribution < 1.29 is 9.90 Å². The molecule has 1 aromatic rings. The van der Waals surface area contributed by atoms with Crippen molar-refractivity contribution in [2.24, 2.45) is 5.92 Å². The standard InChI is InChI=1S/C8H12N4O2S/c9-7-10-11-8(15-7)12-3-1-5(2-4-12)6(13)14/h5H,1-4H2,(H2,9,10)(H,13,14). The highest BCUT2D eigenvalue weighted by molar-refractivity contribution is 7.18. The van der Waals surface area contributed by atoms with E-state index in [0.29, 0.717) is 31.1 Å². The van der Waals surface area contributed by atoms with Gasteiger partial charge in [-0.25, -0.2) is 0 Å². The molecule has 2 rings (SSSR count). The Morgan fingerprint density at radius 2 is 2.13 bits per heavy atom. The van der Waals surface area contributed by atoms with Crippen LogP contribution in [0.2, 0.25) is 0 Å². The molecule has 0 saturated carbocycles. The zero-order chi connectivity index (χ0) is 10.8. The summed E-state index contributed by atoms with van der Waals surface area (Å²) < 4.78 is 0. The average Bonchev–Trinajstić information content (AvgIpc) is 2.65. The van der Waals surface area contributed by atoms with E-state index in [2.05, 4.69) is 10.2 Å². The molecule has 2 heterocycles. The Morgan fingerprint density at radius 3 is 2.60 bits per heavy atom. The summed E-state index contributed by atoms with van der Waals surface area (Å²) >= 11 is 1.34. The number of nitrogens with zero attached hydrogens (tertiary/aromatic N) is 3. The smallest absolute Gasteiger partial charge is 0.306 e. The third-order valence-corrected chi connectivity index (χ3v) is 3.36. The summed E-state index contributed by atoms with van der Waals surface area (Å²) in [4.78, 5) is 12.8. The first kappa shape index (κ1) is 10.2. The number of nitrogen functional groups attached to an aromatic ring is 1. The minimum atomic E-state index is -0.702. The summed E-state index contributed by atoms with van der Waals surface area (Å²) in [5.41, 5.74) is 5.48. The van der Waals surface area contributed by atoms with Gasteiger partial charge in [0.25, 0.3) is 0 Å². The van der Waals surface area contributed by atoms with E-state index in [1.165, 1.54) is 11.3 Å². The first-order valence-corrected chi connectivity index (χ1v) is 5.55. The van der Waals surface area contributed by atoms with Crippen LogP contribution in [0.1, 0.15) is 12.8 Å². The molecule has 0 amide bonds. The van der Waals surface area contributed by atoms with Gasteiger partial charge in [0.05, 0.1) is 5.92 Å². The molecule has 1 saturated heterocycles. The van der Waals surface area contributed by atoms with Gasteiger partial charge in [-0.2, -0.15) is 0 Å². The number of rotatable bonds is 2. The Bertz CT molecular complexity index is 359. The van der Waals surface area contributed by atoms with E-state index in [1.807, 2.05) is 4.90 Å². The molecule has 0 unspecified atom stereocenters. The van der Waals surface area contributed by atoms with Crippen LogP contribution in [0, 0.1) is 5.92 Å². The van der Waals surface area contributed by atoms with Crippen LogP contribution in [0.4, 0.5) is 10.3 Å². The summed E-state index contributed by atoms with van der Waals surface area (Å²) in [7, 11) is 0. The Morgan fingerprint density at radius 1 is 1.47 bits per heavy atom. The van der Waals surface area contributed by atoms with Gasteiger partial charge in [-0.3, -0.25) is 4.79 Å². The highest BCUT2D eigenvalue weighted by Gasteiger charge is 2.25. The zero-order valence-electron chi connectivity index (χ0n) is 8.09. The van der Waals surface area contributed by atoms with Crippen molar-refractivity contribution in [3.05, 3.63) is 0 Å². The summed E-state index contributed by atoms with van der Waals surface area (Å²) in [6.45, 7) is 1.43. The number of nitrogens with two attached hydrogens (primary N) is 1. The van der Waals surface area contributed by atoms with Crippen molar-refractivity contribution in [3.63, 3.8) is 0 Å². The molecule has 0 radical (unpaired) electrons. The topological polar surface area (TPSA) is 92.3 Å². The lowest BCUT2D eigenvalue weighted by Crippen LogP contribution is -2.36. The van der Waals surface area contributed by atoms with Gasteiger partial charge in [-0.1, -0.05) is 11.3 Å². The molecule has 1 aliphatic heterocycles. The molecule has 1 aromatic heterocycles. The Hall–Kier alpha value is -1.37. The molecular formula is C8H12N4O2S. The predicted octanol–water partition coefficient (Wildman–Crippen LogP) is 0.421. The number of hydrogen-bond acceptors (Lipinski definition) is 6. The molecule has 7 heteroatoms. The summed E-state index contributed by atoms with van der Waals surface area (Å²) in [6.07, 6.45) is 1.32. The highest BCUT2D eigenvalue weighted by atomic mass is 32.1. The number of aromatic nitrogens is 2. The number of carbonyl (C=O) groups is 1. The first-order chi connectivity index (χ1) is 7.16. The van der Waals surface area contributed by atoms with Crippen molar-refractivity contribution in [1.29, 1.82) is 0 Å². The van der Waals surface area contributed by atoms with Gasteiger partial charge in [0.2, 0.25) is 10.3 Å². The summed E-state index contributed by atoms with van der Waals surface area (Å²) in [5.74, 6) is -0.919. The first-order valence-electron chi connectivity index (χ1n) is 4.73. The van der Waals surface area contributed by atoms with Crippen LogP contribution >= 0.6 is 11.3 Å². The molecule has 6 nitrogen and oxygen atoms in total. The van der Waals surface area contributed by atoms with E-state index in [9.17, 15) is 4.79 Å². The highest BCUT2D eigenvalue weighted by Crippen LogP contribution is 2.26. The zero-order valence-corrected chi connectivity index (χ0v) is 8.90. The van der Waals surface area contributed by atoms with Crippen LogP contribution in [0.5, 0.6) is 0 Å². The lowest BCUT2D eigenvalue weighted by Gasteiger charge is -2.29. The van der Waals surface area contributed by atoms with E-state index in [0.717, 1.165) is 5.13 Å². The van der Waals surface area contributed by atoms with Gasteiger partial charge in [0.15, 0.2) is 0 Å². The van der Waals surface area contributed by atoms with Gasteiger partial charge >= 0.3 is 5.97 Å². The van der Waals surface area contributed by atoms with E-state index in [4.69, 9.17) is 10.8 Å². The minimum Gasteiger partial charge on any atom is -0.481 e. The number of carboxylic acid groups (broad SMARTS) is 1. The fraction of sp³-hybridized carbons (Fsp3) is 0.625. The second kappa shape index (κ2) is 4.01. The maximum absolute atomic E-state index is 10.7. The largest absolute Gasteiger partial charge is 0.481 e. The van der Waals surface area contributed by atoms with Gasteiger partial charge in [-0.05, 0) is 12.8 Å². The second-order valence-electron chi connectivity index (χ2n) is 3.52. The van der Waals surface area contributed by atoms with E-state index >= 15 is 0 Å². The van der Waals surface area contributed by atoms with Crippen molar-refractivity contribution in [3.8, 4) is 0 Å². The van der Waals surface area contributed by atoms with Crippen molar-refractivity contribution in [2.45, 2.75) is 12.8 Å². The Kier molecular flexibility index (Phi) is 2.72. The molecule has 0 bridgehead atoms. The van der Waals surface area contributed by atoms with Crippen LogP contribution < -0.4 is 10.6 Å². The normalized spacial score (nSPS) is 18.0. The predicted molar refractivity (Wildman–Crippen MR) is 56.9 cm³/mol. The van der Waals surface area contributed by atoms with Gasteiger partial charge in [0.1, 0.15) is 0 Å². The fourth-order valence-electron chi connectivity index (χ4n) is 1.67. The Labute approximate surface area is 90.7 Å².